The second kappa shape index (κ2) is 7.09. The fourth-order valence-electron chi connectivity index (χ4n) is 3.40. The Balaban J connectivity index is 1.71. The van der Waals surface area contributed by atoms with Gasteiger partial charge in [-0.1, -0.05) is 74.5 Å². The highest BCUT2D eigenvalue weighted by atomic mass is 14.8. The molecular formula is C24H22N2. The van der Waals surface area contributed by atoms with Crippen LogP contribution in [-0.2, 0) is 0 Å². The maximum Gasteiger partial charge on any atom is 0.159 e. The van der Waals surface area contributed by atoms with Crippen molar-refractivity contribution < 1.29 is 0 Å². The van der Waals surface area contributed by atoms with Crippen molar-refractivity contribution in [2.24, 2.45) is 0 Å². The lowest BCUT2D eigenvalue weighted by Gasteiger charge is -2.15. The van der Waals surface area contributed by atoms with Crippen molar-refractivity contribution in [3.63, 3.8) is 0 Å². The van der Waals surface area contributed by atoms with Crippen molar-refractivity contribution in [2.75, 3.05) is 0 Å². The van der Waals surface area contributed by atoms with E-state index in [0.29, 0.717) is 11.8 Å². The van der Waals surface area contributed by atoms with Crippen LogP contribution in [0.2, 0.25) is 0 Å². The molecule has 2 atom stereocenters. The SMILES string of the molecule is CC(c1ccccc1)c1cnc2ncc(C(C)c3ccccc3)cc2c1. The summed E-state index contributed by atoms with van der Waals surface area (Å²) in [6, 6.07) is 25.6. The average molecular weight is 338 g/mol. The number of rotatable bonds is 4. The molecule has 0 bridgehead atoms. The molecule has 2 aromatic carbocycles. The molecule has 0 spiro atoms. The highest BCUT2D eigenvalue weighted by molar-refractivity contribution is 5.76. The van der Waals surface area contributed by atoms with Crippen molar-refractivity contribution in [1.82, 2.24) is 9.97 Å². The van der Waals surface area contributed by atoms with Crippen LogP contribution in [0.1, 0.15) is 47.9 Å². The zero-order valence-electron chi connectivity index (χ0n) is 15.1. The Morgan fingerprint density at radius 2 is 1.00 bits per heavy atom. The van der Waals surface area contributed by atoms with Gasteiger partial charge in [0.2, 0.25) is 0 Å². The van der Waals surface area contributed by atoms with Crippen LogP contribution in [-0.4, -0.2) is 9.97 Å². The van der Waals surface area contributed by atoms with Gasteiger partial charge in [0, 0.05) is 29.6 Å². The fraction of sp³-hybridized carbons (Fsp3) is 0.167. The molecule has 0 amide bonds. The van der Waals surface area contributed by atoms with Crippen LogP contribution in [0.25, 0.3) is 11.0 Å². The normalized spacial score (nSPS) is 13.5. The van der Waals surface area contributed by atoms with Gasteiger partial charge in [-0.2, -0.15) is 0 Å². The average Bonchev–Trinajstić information content (AvgIpc) is 2.73. The van der Waals surface area contributed by atoms with Gasteiger partial charge in [0.1, 0.15) is 0 Å². The number of pyridine rings is 2. The highest BCUT2D eigenvalue weighted by Gasteiger charge is 2.12. The monoisotopic (exact) mass is 338 g/mol. The van der Waals surface area contributed by atoms with Gasteiger partial charge in [-0.25, -0.2) is 9.97 Å². The third-order valence-corrected chi connectivity index (χ3v) is 5.17. The molecule has 0 fully saturated rings. The predicted octanol–water partition coefficient (Wildman–Crippen LogP) is 5.93. The first-order valence-electron chi connectivity index (χ1n) is 9.08. The zero-order chi connectivity index (χ0) is 17.9. The minimum Gasteiger partial charge on any atom is -0.236 e. The van der Waals surface area contributed by atoms with Gasteiger partial charge in [-0.15, -0.1) is 0 Å². The molecule has 128 valence electrons. The van der Waals surface area contributed by atoms with E-state index in [1.54, 1.807) is 0 Å². The topological polar surface area (TPSA) is 25.8 Å². The molecule has 0 radical (unpaired) electrons. The Labute approximate surface area is 154 Å². The third kappa shape index (κ3) is 3.23. The Hall–Kier alpha value is -3.00. The van der Waals surface area contributed by atoms with Crippen molar-refractivity contribution in [1.29, 1.82) is 0 Å². The van der Waals surface area contributed by atoms with Crippen molar-refractivity contribution in [3.05, 3.63) is 107 Å². The van der Waals surface area contributed by atoms with Gasteiger partial charge in [0.05, 0.1) is 0 Å². The summed E-state index contributed by atoms with van der Waals surface area (Å²) >= 11 is 0. The predicted molar refractivity (Wildman–Crippen MR) is 107 cm³/mol. The highest BCUT2D eigenvalue weighted by Crippen LogP contribution is 2.28. The summed E-state index contributed by atoms with van der Waals surface area (Å²) in [5, 5.41) is 1.10. The van der Waals surface area contributed by atoms with Gasteiger partial charge >= 0.3 is 0 Å². The van der Waals surface area contributed by atoms with E-state index in [1.165, 1.54) is 22.3 Å². The molecule has 0 saturated carbocycles. The second-order valence-corrected chi connectivity index (χ2v) is 6.85. The number of nitrogens with zero attached hydrogens (tertiary/aromatic N) is 2. The van der Waals surface area contributed by atoms with Crippen LogP contribution in [0.4, 0.5) is 0 Å². The maximum absolute atomic E-state index is 4.59. The third-order valence-electron chi connectivity index (χ3n) is 5.17. The number of hydrogen-bond donors (Lipinski definition) is 0. The van der Waals surface area contributed by atoms with E-state index >= 15 is 0 Å². The summed E-state index contributed by atoms with van der Waals surface area (Å²) in [6.07, 6.45) is 3.90. The smallest absolute Gasteiger partial charge is 0.159 e. The van der Waals surface area contributed by atoms with E-state index < -0.39 is 0 Å². The molecule has 2 aromatic heterocycles. The molecule has 0 N–H and O–H groups in total. The first kappa shape index (κ1) is 16.5. The van der Waals surface area contributed by atoms with Crippen molar-refractivity contribution >= 4 is 11.0 Å². The standard InChI is InChI=1S/C24H22N2/c1-17(19-9-5-3-6-10-19)22-13-21-14-23(16-26-24(21)25-15-22)18(2)20-11-7-4-8-12-20/h3-18H,1-2H3. The van der Waals surface area contributed by atoms with Crippen LogP contribution in [0.15, 0.2) is 85.2 Å². The molecule has 0 aliphatic rings. The van der Waals surface area contributed by atoms with Crippen LogP contribution in [0.3, 0.4) is 0 Å². The molecule has 2 nitrogen and oxygen atoms in total. The quantitative estimate of drug-likeness (QED) is 0.460. The number of fused-ring (bicyclic) bond motifs is 1. The molecule has 2 heteroatoms. The van der Waals surface area contributed by atoms with E-state index in [-0.39, 0.29) is 0 Å². The zero-order valence-corrected chi connectivity index (χ0v) is 15.1. The summed E-state index contributed by atoms with van der Waals surface area (Å²) in [4.78, 5) is 9.18. The minimum absolute atomic E-state index is 0.309. The van der Waals surface area contributed by atoms with Crippen LogP contribution in [0.5, 0.6) is 0 Å². The Bertz CT molecular complexity index is 930. The largest absolute Gasteiger partial charge is 0.236 e. The lowest BCUT2D eigenvalue weighted by molar-refractivity contribution is 0.906. The lowest BCUT2D eigenvalue weighted by Crippen LogP contribution is -2.00. The summed E-state index contributed by atoms with van der Waals surface area (Å²) in [5.74, 6) is 0.617. The van der Waals surface area contributed by atoms with Crippen LogP contribution >= 0.6 is 0 Å². The first-order valence-corrected chi connectivity index (χ1v) is 9.08. The summed E-state index contributed by atoms with van der Waals surface area (Å²) in [7, 11) is 0. The molecular weight excluding hydrogens is 316 g/mol. The van der Waals surface area contributed by atoms with Gasteiger partial charge in [0.25, 0.3) is 0 Å². The number of aromatic nitrogens is 2. The van der Waals surface area contributed by atoms with Crippen molar-refractivity contribution in [3.8, 4) is 0 Å². The number of hydrogen-bond acceptors (Lipinski definition) is 2. The molecule has 0 aliphatic carbocycles. The molecule has 0 saturated heterocycles. The molecule has 0 aliphatic heterocycles. The molecule has 26 heavy (non-hydrogen) atoms. The first-order chi connectivity index (χ1) is 12.7. The molecule has 2 heterocycles. The molecule has 4 aromatic rings. The summed E-state index contributed by atoms with van der Waals surface area (Å²) < 4.78 is 0. The Morgan fingerprint density at radius 3 is 1.42 bits per heavy atom. The molecule has 4 rings (SSSR count). The van der Waals surface area contributed by atoms with E-state index in [1.807, 2.05) is 12.4 Å². The van der Waals surface area contributed by atoms with E-state index in [4.69, 9.17) is 0 Å². The second-order valence-electron chi connectivity index (χ2n) is 6.85. The summed E-state index contributed by atoms with van der Waals surface area (Å²) in [6.45, 7) is 4.45. The van der Waals surface area contributed by atoms with Gasteiger partial charge < -0.3 is 0 Å². The Morgan fingerprint density at radius 1 is 0.577 bits per heavy atom. The van der Waals surface area contributed by atoms with E-state index in [0.717, 1.165) is 11.0 Å². The summed E-state index contributed by atoms with van der Waals surface area (Å²) in [5.41, 5.74) is 5.84. The minimum atomic E-state index is 0.309. The molecule has 2 unspecified atom stereocenters. The van der Waals surface area contributed by atoms with Gasteiger partial charge in [0.15, 0.2) is 5.65 Å². The number of benzene rings is 2. The lowest BCUT2D eigenvalue weighted by atomic mass is 9.92. The van der Waals surface area contributed by atoms with E-state index in [2.05, 4.69) is 96.6 Å². The van der Waals surface area contributed by atoms with Gasteiger partial charge in [-0.3, -0.25) is 0 Å². The van der Waals surface area contributed by atoms with Crippen LogP contribution in [0, 0.1) is 0 Å². The maximum atomic E-state index is 4.59. The van der Waals surface area contributed by atoms with E-state index in [9.17, 15) is 0 Å². The Kier molecular flexibility index (Phi) is 4.49. The fourth-order valence-corrected chi connectivity index (χ4v) is 3.40. The van der Waals surface area contributed by atoms with Gasteiger partial charge in [-0.05, 0) is 34.4 Å². The van der Waals surface area contributed by atoms with Crippen LogP contribution < -0.4 is 0 Å². The van der Waals surface area contributed by atoms with Crippen molar-refractivity contribution in [2.45, 2.75) is 25.7 Å².